The second-order valence-corrected chi connectivity index (χ2v) is 3.52. The van der Waals surface area contributed by atoms with Crippen LogP contribution >= 0.6 is 0 Å². The fraction of sp³-hybridized carbons (Fsp3) is 0.900. The summed E-state index contributed by atoms with van der Waals surface area (Å²) in [5.41, 5.74) is 0. The van der Waals surface area contributed by atoms with Gasteiger partial charge in [0, 0.05) is 5.92 Å². The lowest BCUT2D eigenvalue weighted by Gasteiger charge is -2.04. The van der Waals surface area contributed by atoms with Gasteiger partial charge in [-0.1, -0.05) is 38.5 Å². The Kier molecular flexibility index (Phi) is 4.04. The van der Waals surface area contributed by atoms with E-state index in [0.717, 1.165) is 12.8 Å². The summed E-state index contributed by atoms with van der Waals surface area (Å²) in [6.45, 7) is 0. The van der Waals surface area contributed by atoms with Gasteiger partial charge in [-0.3, -0.25) is 0 Å². The van der Waals surface area contributed by atoms with E-state index in [4.69, 9.17) is 5.26 Å². The molecule has 1 rings (SSSR count). The summed E-state index contributed by atoms with van der Waals surface area (Å²) in [6.07, 6.45) is 10.3. The Labute approximate surface area is 69.4 Å². The molecule has 1 saturated carbocycles. The number of hydrogen-bond donors (Lipinski definition) is 0. The lowest BCUT2D eigenvalue weighted by Crippen LogP contribution is -1.95. The minimum absolute atomic E-state index is 0.369. The molecule has 0 spiro atoms. The minimum atomic E-state index is 0.369. The lowest BCUT2D eigenvalue weighted by molar-refractivity contribution is 0.520. The van der Waals surface area contributed by atoms with E-state index < -0.39 is 0 Å². The van der Waals surface area contributed by atoms with Crippen molar-refractivity contribution >= 4 is 0 Å². The van der Waals surface area contributed by atoms with Crippen LogP contribution in [0.5, 0.6) is 0 Å². The summed E-state index contributed by atoms with van der Waals surface area (Å²) in [7, 11) is 0. The highest BCUT2D eigenvalue weighted by Gasteiger charge is 2.08. The second kappa shape index (κ2) is 5.18. The van der Waals surface area contributed by atoms with Crippen molar-refractivity contribution in [3.8, 4) is 6.07 Å². The molecule has 0 unspecified atom stereocenters. The van der Waals surface area contributed by atoms with Gasteiger partial charge in [-0.15, -0.1) is 0 Å². The first-order chi connectivity index (χ1) is 5.43. The molecule has 0 aromatic carbocycles. The third-order valence-corrected chi connectivity index (χ3v) is 2.54. The molecule has 0 saturated heterocycles. The van der Waals surface area contributed by atoms with Gasteiger partial charge in [0.05, 0.1) is 6.07 Å². The van der Waals surface area contributed by atoms with Gasteiger partial charge in [-0.25, -0.2) is 0 Å². The number of nitriles is 1. The summed E-state index contributed by atoms with van der Waals surface area (Å²) in [4.78, 5) is 0. The largest absolute Gasteiger partial charge is 0.198 e. The van der Waals surface area contributed by atoms with Crippen molar-refractivity contribution < 1.29 is 0 Å². The summed E-state index contributed by atoms with van der Waals surface area (Å²) in [5, 5.41) is 8.75. The van der Waals surface area contributed by atoms with E-state index in [-0.39, 0.29) is 0 Å². The van der Waals surface area contributed by atoms with Crippen LogP contribution < -0.4 is 0 Å². The Morgan fingerprint density at radius 2 is 1.27 bits per heavy atom. The fourth-order valence-corrected chi connectivity index (χ4v) is 1.76. The molecule has 0 aliphatic heterocycles. The third-order valence-electron chi connectivity index (χ3n) is 2.54. The van der Waals surface area contributed by atoms with Crippen molar-refractivity contribution in [2.24, 2.45) is 5.92 Å². The molecule has 1 fully saturated rings. The first-order valence-electron chi connectivity index (χ1n) is 4.83. The average molecular weight is 151 g/mol. The minimum Gasteiger partial charge on any atom is -0.198 e. The molecule has 1 aliphatic rings. The van der Waals surface area contributed by atoms with E-state index in [1.165, 1.54) is 38.5 Å². The normalized spacial score (nSPS) is 22.8. The molecular weight excluding hydrogens is 134 g/mol. The van der Waals surface area contributed by atoms with E-state index in [1.807, 2.05) is 0 Å². The van der Waals surface area contributed by atoms with E-state index in [0.29, 0.717) is 5.92 Å². The molecule has 0 heterocycles. The van der Waals surface area contributed by atoms with Crippen LogP contribution in [0.1, 0.15) is 51.4 Å². The summed E-state index contributed by atoms with van der Waals surface area (Å²) in [6, 6.07) is 2.40. The van der Waals surface area contributed by atoms with E-state index in [9.17, 15) is 0 Å². The highest BCUT2D eigenvalue weighted by Crippen LogP contribution is 2.20. The van der Waals surface area contributed by atoms with Crippen molar-refractivity contribution in [2.75, 3.05) is 0 Å². The van der Waals surface area contributed by atoms with Gasteiger partial charge in [0.1, 0.15) is 0 Å². The molecule has 0 aromatic rings. The van der Waals surface area contributed by atoms with Crippen LogP contribution in [-0.2, 0) is 0 Å². The van der Waals surface area contributed by atoms with E-state index in [2.05, 4.69) is 6.07 Å². The Morgan fingerprint density at radius 3 is 1.73 bits per heavy atom. The predicted octanol–water partition coefficient (Wildman–Crippen LogP) is 3.26. The van der Waals surface area contributed by atoms with Crippen LogP contribution in [0.2, 0.25) is 0 Å². The van der Waals surface area contributed by atoms with E-state index in [1.54, 1.807) is 0 Å². The molecule has 1 heteroatoms. The quantitative estimate of drug-likeness (QED) is 0.521. The lowest BCUT2D eigenvalue weighted by atomic mass is 9.99. The molecule has 62 valence electrons. The van der Waals surface area contributed by atoms with Crippen molar-refractivity contribution in [1.29, 1.82) is 5.26 Å². The molecular formula is C10H17N. The van der Waals surface area contributed by atoms with Crippen molar-refractivity contribution in [3.05, 3.63) is 0 Å². The van der Waals surface area contributed by atoms with Gasteiger partial charge in [-0.2, -0.15) is 5.26 Å². The van der Waals surface area contributed by atoms with Gasteiger partial charge >= 0.3 is 0 Å². The number of nitrogens with zero attached hydrogens (tertiary/aromatic N) is 1. The van der Waals surface area contributed by atoms with Crippen LogP contribution in [0.4, 0.5) is 0 Å². The monoisotopic (exact) mass is 151 g/mol. The first-order valence-corrected chi connectivity index (χ1v) is 4.83. The third kappa shape index (κ3) is 3.41. The second-order valence-electron chi connectivity index (χ2n) is 3.52. The Bertz CT molecular complexity index is 124. The van der Waals surface area contributed by atoms with Crippen molar-refractivity contribution in [3.63, 3.8) is 0 Å². The molecule has 0 atom stereocenters. The SMILES string of the molecule is N#CC1CCCCCCCC1. The Hall–Kier alpha value is -0.510. The summed E-state index contributed by atoms with van der Waals surface area (Å²) < 4.78 is 0. The van der Waals surface area contributed by atoms with Gasteiger partial charge in [0.25, 0.3) is 0 Å². The van der Waals surface area contributed by atoms with E-state index >= 15 is 0 Å². The zero-order valence-electron chi connectivity index (χ0n) is 7.18. The molecule has 0 radical (unpaired) electrons. The zero-order chi connectivity index (χ0) is 7.94. The van der Waals surface area contributed by atoms with Crippen molar-refractivity contribution in [1.82, 2.24) is 0 Å². The maximum Gasteiger partial charge on any atom is 0.0655 e. The van der Waals surface area contributed by atoms with Crippen LogP contribution in [0, 0.1) is 17.2 Å². The van der Waals surface area contributed by atoms with Crippen LogP contribution in [0.15, 0.2) is 0 Å². The maximum absolute atomic E-state index is 8.75. The topological polar surface area (TPSA) is 23.8 Å². The molecule has 0 aromatic heterocycles. The highest BCUT2D eigenvalue weighted by molar-refractivity contribution is 4.82. The molecule has 0 N–H and O–H groups in total. The first kappa shape index (κ1) is 8.59. The van der Waals surface area contributed by atoms with Gasteiger partial charge in [0.2, 0.25) is 0 Å². The standard InChI is InChI=1S/C10H17N/c11-9-10-7-5-3-1-2-4-6-8-10/h10H,1-8H2. The Balaban J connectivity index is 2.26. The molecule has 0 bridgehead atoms. The summed E-state index contributed by atoms with van der Waals surface area (Å²) in [5.74, 6) is 0.369. The Morgan fingerprint density at radius 1 is 0.818 bits per heavy atom. The van der Waals surface area contributed by atoms with Gasteiger partial charge < -0.3 is 0 Å². The van der Waals surface area contributed by atoms with Gasteiger partial charge in [0.15, 0.2) is 0 Å². The molecule has 0 amide bonds. The van der Waals surface area contributed by atoms with Crippen LogP contribution in [0.25, 0.3) is 0 Å². The van der Waals surface area contributed by atoms with Crippen LogP contribution in [-0.4, -0.2) is 0 Å². The molecule has 1 aliphatic carbocycles. The van der Waals surface area contributed by atoms with Crippen LogP contribution in [0.3, 0.4) is 0 Å². The number of rotatable bonds is 0. The zero-order valence-corrected chi connectivity index (χ0v) is 7.18. The maximum atomic E-state index is 8.75. The number of hydrogen-bond acceptors (Lipinski definition) is 1. The molecule has 11 heavy (non-hydrogen) atoms. The fourth-order valence-electron chi connectivity index (χ4n) is 1.76. The predicted molar refractivity (Wildman–Crippen MR) is 46.0 cm³/mol. The van der Waals surface area contributed by atoms with Gasteiger partial charge in [-0.05, 0) is 12.8 Å². The smallest absolute Gasteiger partial charge is 0.0655 e. The van der Waals surface area contributed by atoms with Crippen molar-refractivity contribution in [2.45, 2.75) is 51.4 Å². The highest BCUT2D eigenvalue weighted by atomic mass is 14.3. The summed E-state index contributed by atoms with van der Waals surface area (Å²) >= 11 is 0. The average Bonchev–Trinajstić information content (AvgIpc) is 2.16. The molecule has 1 nitrogen and oxygen atoms in total.